The summed E-state index contributed by atoms with van der Waals surface area (Å²) in [4.78, 5) is 28.4. The van der Waals surface area contributed by atoms with Crippen LogP contribution in [0.4, 0.5) is 20.3 Å². The van der Waals surface area contributed by atoms with Crippen molar-refractivity contribution in [3.8, 4) is 0 Å². The first-order valence-corrected chi connectivity index (χ1v) is 6.31. The molecular weight excluding hydrogens is 282 g/mol. The van der Waals surface area contributed by atoms with E-state index in [-0.39, 0.29) is 0 Å². The lowest BCUT2D eigenvalue weighted by molar-refractivity contribution is 0.140. The molecule has 0 aliphatic carbocycles. The Bertz CT molecular complexity index is 575. The molecule has 0 fully saturated rings. The van der Waals surface area contributed by atoms with E-state index in [1.165, 1.54) is 13.2 Å². The molecule has 2 rings (SSSR count). The second-order valence-corrected chi connectivity index (χ2v) is 4.26. The SMILES string of the molecule is CNC(=O)ON(C(=O)Nc1cnns1)c1ccccc1. The summed E-state index contributed by atoms with van der Waals surface area (Å²) in [5.41, 5.74) is 0.408. The third-order valence-electron chi connectivity index (χ3n) is 2.14. The summed E-state index contributed by atoms with van der Waals surface area (Å²) < 4.78 is 3.62. The molecule has 1 aromatic carbocycles. The molecule has 0 atom stereocenters. The zero-order valence-corrected chi connectivity index (χ0v) is 11.3. The molecule has 0 radical (unpaired) electrons. The molecule has 2 aromatic rings. The Morgan fingerprint density at radius 1 is 1.30 bits per heavy atom. The largest absolute Gasteiger partial charge is 0.431 e. The average Bonchev–Trinajstić information content (AvgIpc) is 2.98. The lowest BCUT2D eigenvalue weighted by Crippen LogP contribution is -2.39. The molecule has 0 saturated heterocycles. The van der Waals surface area contributed by atoms with Crippen LogP contribution >= 0.6 is 11.5 Å². The summed E-state index contributed by atoms with van der Waals surface area (Å²) in [6.45, 7) is 0. The van der Waals surface area contributed by atoms with E-state index in [0.29, 0.717) is 10.7 Å². The van der Waals surface area contributed by atoms with Gasteiger partial charge in [-0.25, -0.2) is 9.59 Å². The number of carbonyl (C=O) groups is 2. The maximum absolute atomic E-state index is 12.1. The van der Waals surface area contributed by atoms with Crippen molar-refractivity contribution in [2.45, 2.75) is 0 Å². The average molecular weight is 293 g/mol. The van der Waals surface area contributed by atoms with Crippen LogP contribution < -0.4 is 15.7 Å². The highest BCUT2D eigenvalue weighted by Crippen LogP contribution is 2.17. The Labute approximate surface area is 118 Å². The van der Waals surface area contributed by atoms with Crippen molar-refractivity contribution < 1.29 is 14.4 Å². The van der Waals surface area contributed by atoms with Gasteiger partial charge in [-0.1, -0.05) is 22.7 Å². The number of rotatable bonds is 2. The standard InChI is InChI=1S/C11H11N5O3S/c1-12-11(18)19-16(8-5-3-2-4-6-8)10(17)14-9-7-13-15-20-9/h2-7H,1H3,(H,12,18)(H,14,17). The van der Waals surface area contributed by atoms with Crippen LogP contribution in [0.1, 0.15) is 0 Å². The van der Waals surface area contributed by atoms with Crippen LogP contribution in [0.25, 0.3) is 0 Å². The molecule has 20 heavy (non-hydrogen) atoms. The smallest absolute Gasteiger partial charge is 0.323 e. The number of hydrogen-bond donors (Lipinski definition) is 2. The van der Waals surface area contributed by atoms with Gasteiger partial charge in [0.25, 0.3) is 0 Å². The molecular formula is C11H11N5O3S. The molecule has 9 heteroatoms. The topological polar surface area (TPSA) is 96.5 Å². The third kappa shape index (κ3) is 3.42. The number of hydrogen-bond acceptors (Lipinski definition) is 6. The minimum Gasteiger partial charge on any atom is -0.323 e. The van der Waals surface area contributed by atoms with Crippen molar-refractivity contribution in [3.05, 3.63) is 36.5 Å². The number of nitrogens with zero attached hydrogens (tertiary/aromatic N) is 3. The molecule has 0 unspecified atom stereocenters. The fourth-order valence-corrected chi connectivity index (χ4v) is 1.69. The normalized spacial score (nSPS) is 9.65. The van der Waals surface area contributed by atoms with Crippen molar-refractivity contribution >= 4 is 34.3 Å². The van der Waals surface area contributed by atoms with Crippen molar-refractivity contribution in [1.82, 2.24) is 14.9 Å². The van der Waals surface area contributed by atoms with Gasteiger partial charge in [0, 0.05) is 18.6 Å². The second kappa shape index (κ2) is 6.48. The van der Waals surface area contributed by atoms with Gasteiger partial charge in [0.2, 0.25) is 0 Å². The van der Waals surface area contributed by atoms with Crippen molar-refractivity contribution in [1.29, 1.82) is 0 Å². The quantitative estimate of drug-likeness (QED) is 0.824. The Morgan fingerprint density at radius 3 is 2.65 bits per heavy atom. The molecule has 0 saturated carbocycles. The molecule has 104 valence electrons. The molecule has 1 heterocycles. The predicted octanol–water partition coefficient (Wildman–Crippen LogP) is 1.85. The molecule has 1 aromatic heterocycles. The summed E-state index contributed by atoms with van der Waals surface area (Å²) in [7, 11) is 1.40. The molecule has 0 spiro atoms. The third-order valence-corrected chi connectivity index (χ3v) is 2.73. The molecule has 2 N–H and O–H groups in total. The van der Waals surface area contributed by atoms with Gasteiger partial charge in [-0.2, -0.15) is 0 Å². The van der Waals surface area contributed by atoms with Crippen LogP contribution in [0.2, 0.25) is 0 Å². The number of amides is 3. The number of carbonyl (C=O) groups excluding carboxylic acids is 2. The first kappa shape index (κ1) is 13.7. The Kier molecular flexibility index (Phi) is 4.45. The fourth-order valence-electron chi connectivity index (χ4n) is 1.28. The van der Waals surface area contributed by atoms with Crippen molar-refractivity contribution in [2.24, 2.45) is 0 Å². The minimum absolute atomic E-state index is 0.408. The number of para-hydroxylation sites is 1. The molecule has 0 bridgehead atoms. The van der Waals surface area contributed by atoms with Gasteiger partial charge < -0.3 is 10.2 Å². The van der Waals surface area contributed by atoms with Crippen LogP contribution in [-0.4, -0.2) is 28.8 Å². The summed E-state index contributed by atoms with van der Waals surface area (Å²) in [5.74, 6) is 0. The second-order valence-electron chi connectivity index (χ2n) is 3.47. The van der Waals surface area contributed by atoms with Gasteiger partial charge in [-0.15, -0.1) is 10.2 Å². The van der Waals surface area contributed by atoms with Gasteiger partial charge in [0.15, 0.2) is 0 Å². The number of aromatic nitrogens is 2. The highest BCUT2D eigenvalue weighted by atomic mass is 32.1. The monoisotopic (exact) mass is 293 g/mol. The predicted molar refractivity (Wildman–Crippen MR) is 73.4 cm³/mol. The number of benzene rings is 1. The van der Waals surface area contributed by atoms with Crippen LogP contribution in [0.3, 0.4) is 0 Å². The maximum Gasteiger partial charge on any atom is 0.431 e. The lowest BCUT2D eigenvalue weighted by atomic mass is 10.3. The number of nitrogens with one attached hydrogen (secondary N) is 2. The van der Waals surface area contributed by atoms with E-state index in [1.54, 1.807) is 30.3 Å². The van der Waals surface area contributed by atoms with Gasteiger partial charge in [-0.05, 0) is 12.1 Å². The van der Waals surface area contributed by atoms with E-state index in [9.17, 15) is 9.59 Å². The summed E-state index contributed by atoms with van der Waals surface area (Å²) in [6.07, 6.45) is 0.637. The zero-order valence-electron chi connectivity index (χ0n) is 10.4. The summed E-state index contributed by atoms with van der Waals surface area (Å²) in [6, 6.07) is 7.85. The van der Waals surface area contributed by atoms with E-state index in [2.05, 4.69) is 20.2 Å². The van der Waals surface area contributed by atoms with Gasteiger partial charge in [-0.3, -0.25) is 5.32 Å². The molecule has 3 amide bonds. The fraction of sp³-hybridized carbons (Fsp3) is 0.0909. The van der Waals surface area contributed by atoms with Gasteiger partial charge in [0.1, 0.15) is 5.00 Å². The Hall–Kier alpha value is -2.68. The zero-order chi connectivity index (χ0) is 14.4. The van der Waals surface area contributed by atoms with E-state index >= 15 is 0 Å². The molecule has 0 aliphatic heterocycles. The van der Waals surface area contributed by atoms with Crippen molar-refractivity contribution in [3.63, 3.8) is 0 Å². The minimum atomic E-state index is -0.758. The number of hydroxylamine groups is 1. The van der Waals surface area contributed by atoms with E-state index in [1.807, 2.05) is 0 Å². The van der Waals surface area contributed by atoms with Crippen LogP contribution in [0.5, 0.6) is 0 Å². The lowest BCUT2D eigenvalue weighted by Gasteiger charge is -2.20. The van der Waals surface area contributed by atoms with Crippen LogP contribution in [0, 0.1) is 0 Å². The van der Waals surface area contributed by atoms with Crippen LogP contribution in [0.15, 0.2) is 36.5 Å². The Morgan fingerprint density at radius 2 is 2.05 bits per heavy atom. The first-order valence-electron chi connectivity index (χ1n) is 5.54. The van der Waals surface area contributed by atoms with Gasteiger partial charge >= 0.3 is 12.1 Å². The number of urea groups is 1. The van der Waals surface area contributed by atoms with Crippen LogP contribution in [-0.2, 0) is 4.84 Å². The van der Waals surface area contributed by atoms with Gasteiger partial charge in [0.05, 0.1) is 11.9 Å². The first-order chi connectivity index (χ1) is 9.70. The molecule has 0 aliphatic rings. The number of anilines is 2. The summed E-state index contributed by atoms with van der Waals surface area (Å²) in [5, 5.41) is 9.69. The highest BCUT2D eigenvalue weighted by Gasteiger charge is 2.21. The maximum atomic E-state index is 12.1. The van der Waals surface area contributed by atoms with E-state index in [0.717, 1.165) is 16.6 Å². The van der Waals surface area contributed by atoms with Crippen molar-refractivity contribution in [2.75, 3.05) is 17.4 Å². The summed E-state index contributed by atoms with van der Waals surface area (Å²) >= 11 is 1.01. The highest BCUT2D eigenvalue weighted by molar-refractivity contribution is 7.10. The molecule has 8 nitrogen and oxygen atoms in total. The van der Waals surface area contributed by atoms with E-state index in [4.69, 9.17) is 4.84 Å². The Balaban J connectivity index is 2.17. The van der Waals surface area contributed by atoms with E-state index < -0.39 is 12.1 Å².